The summed E-state index contributed by atoms with van der Waals surface area (Å²) in [6.07, 6.45) is 8.03. The molecule has 1 heterocycles. The first-order valence-corrected chi connectivity index (χ1v) is 5.67. The Morgan fingerprint density at radius 3 is 2.94 bits per heavy atom. The van der Waals surface area contributed by atoms with Crippen molar-refractivity contribution >= 4 is 11.7 Å². The van der Waals surface area contributed by atoms with Crippen LogP contribution in [-0.2, 0) is 16.1 Å². The van der Waals surface area contributed by atoms with Crippen molar-refractivity contribution in [3.8, 4) is 0 Å². The molecule has 1 fully saturated rings. The standard InChI is InChI=1S/C11H17N3O2/c12-10-5-13-14(6-10)7-11(15)16-8-9-3-1-2-4-9/h5-6,9H,1-4,7-8,12H2. The molecule has 0 bridgehead atoms. The van der Waals surface area contributed by atoms with Crippen LogP contribution in [0.15, 0.2) is 12.4 Å². The number of hydrogen-bond acceptors (Lipinski definition) is 4. The summed E-state index contributed by atoms with van der Waals surface area (Å²) in [6.45, 7) is 0.694. The maximum atomic E-state index is 11.5. The van der Waals surface area contributed by atoms with Gasteiger partial charge in [0.05, 0.1) is 18.5 Å². The number of nitrogen functional groups attached to an aromatic ring is 1. The van der Waals surface area contributed by atoms with Crippen molar-refractivity contribution in [1.29, 1.82) is 0 Å². The number of ether oxygens (including phenoxy) is 1. The fourth-order valence-electron chi connectivity index (χ4n) is 2.03. The van der Waals surface area contributed by atoms with Gasteiger partial charge in [0.2, 0.25) is 0 Å². The Morgan fingerprint density at radius 1 is 1.56 bits per heavy atom. The van der Waals surface area contributed by atoms with Crippen LogP contribution in [0.2, 0.25) is 0 Å². The van der Waals surface area contributed by atoms with E-state index in [1.807, 2.05) is 0 Å². The molecule has 1 aromatic rings. The SMILES string of the molecule is Nc1cnn(CC(=O)OCC2CCCC2)c1. The molecular weight excluding hydrogens is 206 g/mol. The third-order valence-electron chi connectivity index (χ3n) is 2.90. The van der Waals surface area contributed by atoms with Gasteiger partial charge in [-0.3, -0.25) is 9.48 Å². The number of carbonyl (C=O) groups is 1. The first kappa shape index (κ1) is 11.0. The normalized spacial score (nSPS) is 16.5. The van der Waals surface area contributed by atoms with Gasteiger partial charge < -0.3 is 10.5 Å². The van der Waals surface area contributed by atoms with Crippen LogP contribution >= 0.6 is 0 Å². The molecule has 2 rings (SSSR count). The topological polar surface area (TPSA) is 70.1 Å². The van der Waals surface area contributed by atoms with E-state index in [1.165, 1.54) is 36.6 Å². The predicted octanol–water partition coefficient (Wildman–Crippen LogP) is 1.20. The molecule has 5 nitrogen and oxygen atoms in total. The van der Waals surface area contributed by atoms with Crippen molar-refractivity contribution in [2.45, 2.75) is 32.2 Å². The number of nitrogens with zero attached hydrogens (tertiary/aromatic N) is 2. The van der Waals surface area contributed by atoms with E-state index in [4.69, 9.17) is 10.5 Å². The molecule has 1 aromatic heterocycles. The van der Waals surface area contributed by atoms with Crippen LogP contribution in [0.25, 0.3) is 0 Å². The molecule has 1 aliphatic carbocycles. The third-order valence-corrected chi connectivity index (χ3v) is 2.90. The highest BCUT2D eigenvalue weighted by Crippen LogP contribution is 2.24. The average Bonchev–Trinajstić information content (AvgIpc) is 2.87. The monoisotopic (exact) mass is 223 g/mol. The van der Waals surface area contributed by atoms with Crippen molar-refractivity contribution in [2.24, 2.45) is 5.92 Å². The smallest absolute Gasteiger partial charge is 0.327 e. The van der Waals surface area contributed by atoms with Gasteiger partial charge in [-0.1, -0.05) is 12.8 Å². The van der Waals surface area contributed by atoms with Crippen molar-refractivity contribution in [3.63, 3.8) is 0 Å². The van der Waals surface area contributed by atoms with Crippen LogP contribution < -0.4 is 5.73 Å². The highest BCUT2D eigenvalue weighted by Gasteiger charge is 2.17. The Bertz CT molecular complexity index is 356. The van der Waals surface area contributed by atoms with Gasteiger partial charge in [0.25, 0.3) is 0 Å². The molecule has 0 spiro atoms. The molecule has 5 heteroatoms. The molecule has 0 unspecified atom stereocenters. The molecule has 88 valence electrons. The summed E-state index contributed by atoms with van der Waals surface area (Å²) in [6, 6.07) is 0. The molecule has 16 heavy (non-hydrogen) atoms. The number of aromatic nitrogens is 2. The van der Waals surface area contributed by atoms with Crippen LogP contribution in [-0.4, -0.2) is 22.4 Å². The molecule has 0 aliphatic heterocycles. The molecule has 0 aromatic carbocycles. The van der Waals surface area contributed by atoms with Crippen molar-refractivity contribution in [1.82, 2.24) is 9.78 Å². The second-order valence-electron chi connectivity index (χ2n) is 4.30. The van der Waals surface area contributed by atoms with Gasteiger partial charge >= 0.3 is 5.97 Å². The van der Waals surface area contributed by atoms with E-state index in [2.05, 4.69) is 5.10 Å². The fourth-order valence-corrected chi connectivity index (χ4v) is 2.03. The summed E-state index contributed by atoms with van der Waals surface area (Å²) in [5, 5.41) is 3.93. The molecule has 0 amide bonds. The lowest BCUT2D eigenvalue weighted by molar-refractivity contribution is -0.145. The first-order chi connectivity index (χ1) is 7.74. The van der Waals surface area contributed by atoms with E-state index >= 15 is 0 Å². The van der Waals surface area contributed by atoms with E-state index in [1.54, 1.807) is 6.20 Å². The van der Waals surface area contributed by atoms with E-state index < -0.39 is 0 Å². The number of esters is 1. The van der Waals surface area contributed by atoms with Crippen molar-refractivity contribution in [3.05, 3.63) is 12.4 Å². The third kappa shape index (κ3) is 2.98. The first-order valence-electron chi connectivity index (χ1n) is 5.67. The van der Waals surface area contributed by atoms with Gasteiger partial charge in [-0.05, 0) is 18.8 Å². The summed E-state index contributed by atoms with van der Waals surface area (Å²) in [7, 11) is 0. The van der Waals surface area contributed by atoms with Crippen molar-refractivity contribution in [2.75, 3.05) is 12.3 Å². The van der Waals surface area contributed by atoms with E-state index in [-0.39, 0.29) is 12.5 Å². The van der Waals surface area contributed by atoms with Crippen LogP contribution in [0.4, 0.5) is 5.69 Å². The van der Waals surface area contributed by atoms with Crippen LogP contribution in [0.3, 0.4) is 0 Å². The van der Waals surface area contributed by atoms with Gasteiger partial charge in [0.1, 0.15) is 6.54 Å². The average molecular weight is 223 g/mol. The lowest BCUT2D eigenvalue weighted by Crippen LogP contribution is -2.17. The summed E-state index contributed by atoms with van der Waals surface area (Å²) in [5.41, 5.74) is 6.05. The molecule has 0 radical (unpaired) electrons. The Labute approximate surface area is 94.6 Å². The Hall–Kier alpha value is -1.52. The highest BCUT2D eigenvalue weighted by molar-refractivity contribution is 5.69. The number of nitrogens with two attached hydrogens (primary N) is 1. The summed E-state index contributed by atoms with van der Waals surface area (Å²) >= 11 is 0. The molecule has 0 saturated heterocycles. The quantitative estimate of drug-likeness (QED) is 0.778. The molecule has 1 aliphatic rings. The summed E-state index contributed by atoms with van der Waals surface area (Å²) < 4.78 is 6.69. The lowest BCUT2D eigenvalue weighted by Gasteiger charge is -2.09. The zero-order valence-electron chi connectivity index (χ0n) is 9.26. The molecule has 2 N–H and O–H groups in total. The van der Waals surface area contributed by atoms with Crippen LogP contribution in [0.1, 0.15) is 25.7 Å². The highest BCUT2D eigenvalue weighted by atomic mass is 16.5. The predicted molar refractivity (Wildman–Crippen MR) is 59.6 cm³/mol. The zero-order valence-corrected chi connectivity index (χ0v) is 9.26. The van der Waals surface area contributed by atoms with Gasteiger partial charge in [-0.25, -0.2) is 0 Å². The maximum Gasteiger partial charge on any atom is 0.327 e. The second-order valence-corrected chi connectivity index (χ2v) is 4.30. The Morgan fingerprint density at radius 2 is 2.31 bits per heavy atom. The minimum absolute atomic E-state index is 0.143. The minimum Gasteiger partial charge on any atom is -0.464 e. The van der Waals surface area contributed by atoms with E-state index in [9.17, 15) is 4.79 Å². The summed E-state index contributed by atoms with van der Waals surface area (Å²) in [4.78, 5) is 11.5. The number of rotatable bonds is 4. The second kappa shape index (κ2) is 5.01. The van der Waals surface area contributed by atoms with Gasteiger partial charge in [0.15, 0.2) is 0 Å². The molecular formula is C11H17N3O2. The number of hydrogen-bond donors (Lipinski definition) is 1. The van der Waals surface area contributed by atoms with Crippen LogP contribution in [0.5, 0.6) is 0 Å². The minimum atomic E-state index is -0.241. The summed E-state index contributed by atoms with van der Waals surface area (Å²) in [5.74, 6) is 0.321. The largest absolute Gasteiger partial charge is 0.464 e. The van der Waals surface area contributed by atoms with Crippen LogP contribution in [0, 0.1) is 5.92 Å². The van der Waals surface area contributed by atoms with E-state index in [0.29, 0.717) is 18.2 Å². The van der Waals surface area contributed by atoms with Gasteiger partial charge in [0, 0.05) is 6.20 Å². The lowest BCUT2D eigenvalue weighted by atomic mass is 10.1. The van der Waals surface area contributed by atoms with E-state index in [0.717, 1.165) is 0 Å². The zero-order chi connectivity index (χ0) is 11.4. The molecule has 0 atom stereocenters. The molecule has 1 saturated carbocycles. The number of anilines is 1. The Balaban J connectivity index is 1.71. The van der Waals surface area contributed by atoms with Gasteiger partial charge in [-0.2, -0.15) is 5.10 Å². The fraction of sp³-hybridized carbons (Fsp3) is 0.636. The maximum absolute atomic E-state index is 11.5. The number of carbonyl (C=O) groups excluding carboxylic acids is 1. The van der Waals surface area contributed by atoms with Gasteiger partial charge in [-0.15, -0.1) is 0 Å². The van der Waals surface area contributed by atoms with Crippen molar-refractivity contribution < 1.29 is 9.53 Å². The Kier molecular flexibility index (Phi) is 3.44.